The van der Waals surface area contributed by atoms with Crippen LogP contribution in [-0.2, 0) is 11.2 Å². The molecular formula is C17H23N3OS. The Hall–Kier alpha value is -1.72. The number of rotatable bonds is 7. The van der Waals surface area contributed by atoms with Crippen molar-refractivity contribution in [3.8, 4) is 0 Å². The van der Waals surface area contributed by atoms with E-state index in [4.69, 9.17) is 0 Å². The molecule has 0 radical (unpaired) electrons. The number of para-hydroxylation sites is 1. The zero-order valence-corrected chi connectivity index (χ0v) is 14.2. The Kier molecular flexibility index (Phi) is 6.10. The average Bonchev–Trinajstić information content (AvgIpc) is 2.92. The van der Waals surface area contributed by atoms with Crippen LogP contribution in [0.25, 0.3) is 0 Å². The number of amides is 1. The summed E-state index contributed by atoms with van der Waals surface area (Å²) in [4.78, 5) is 20.1. The van der Waals surface area contributed by atoms with Gasteiger partial charge in [0.1, 0.15) is 0 Å². The van der Waals surface area contributed by atoms with Crippen LogP contribution in [0.3, 0.4) is 0 Å². The van der Waals surface area contributed by atoms with Crippen LogP contribution in [0.4, 0.5) is 5.69 Å². The number of nitrogens with zero attached hydrogens (tertiary/aromatic N) is 2. The molecule has 0 aliphatic rings. The van der Waals surface area contributed by atoms with Crippen LogP contribution in [0.5, 0.6) is 0 Å². The zero-order valence-electron chi connectivity index (χ0n) is 13.4. The molecule has 0 saturated carbocycles. The molecule has 0 aliphatic carbocycles. The van der Waals surface area contributed by atoms with Gasteiger partial charge in [-0.1, -0.05) is 25.1 Å². The normalized spacial score (nSPS) is 12.4. The van der Waals surface area contributed by atoms with Crippen molar-refractivity contribution in [2.24, 2.45) is 0 Å². The van der Waals surface area contributed by atoms with E-state index in [9.17, 15) is 4.79 Å². The maximum atomic E-state index is 12.5. The second kappa shape index (κ2) is 8.06. The van der Waals surface area contributed by atoms with Gasteiger partial charge < -0.3 is 5.32 Å². The van der Waals surface area contributed by atoms with Crippen LogP contribution in [0.15, 0.2) is 35.8 Å². The number of hydrogen-bond acceptors (Lipinski definition) is 4. The van der Waals surface area contributed by atoms with Crippen molar-refractivity contribution in [1.82, 2.24) is 9.88 Å². The maximum absolute atomic E-state index is 12.5. The Balaban J connectivity index is 1.92. The van der Waals surface area contributed by atoms with Gasteiger partial charge in [0.15, 0.2) is 0 Å². The molecule has 0 saturated heterocycles. The molecule has 0 aliphatic heterocycles. The smallest absolute Gasteiger partial charge is 0.241 e. The summed E-state index contributed by atoms with van der Waals surface area (Å²) in [7, 11) is 2.01. The molecule has 5 heteroatoms. The molecule has 1 aromatic heterocycles. The van der Waals surface area contributed by atoms with Crippen molar-refractivity contribution in [2.45, 2.75) is 32.7 Å². The molecule has 0 bridgehead atoms. The highest BCUT2D eigenvalue weighted by atomic mass is 32.1. The number of aromatic nitrogens is 1. The first kappa shape index (κ1) is 16.6. The minimum Gasteiger partial charge on any atom is -0.325 e. The summed E-state index contributed by atoms with van der Waals surface area (Å²) in [6.07, 6.45) is 1.72. The Morgan fingerprint density at radius 2 is 2.09 bits per heavy atom. The first-order valence-electron chi connectivity index (χ1n) is 7.57. The van der Waals surface area contributed by atoms with E-state index >= 15 is 0 Å². The van der Waals surface area contributed by atoms with Crippen molar-refractivity contribution in [3.63, 3.8) is 0 Å². The van der Waals surface area contributed by atoms with E-state index in [1.165, 1.54) is 4.88 Å². The zero-order chi connectivity index (χ0) is 15.9. The van der Waals surface area contributed by atoms with E-state index in [-0.39, 0.29) is 11.9 Å². The van der Waals surface area contributed by atoms with Crippen LogP contribution in [-0.4, -0.2) is 35.4 Å². The number of carbonyl (C=O) groups is 1. The van der Waals surface area contributed by atoms with Crippen LogP contribution < -0.4 is 5.32 Å². The third-order valence-corrected chi connectivity index (χ3v) is 4.79. The lowest BCUT2D eigenvalue weighted by Gasteiger charge is -2.26. The molecule has 1 amide bonds. The molecule has 22 heavy (non-hydrogen) atoms. The van der Waals surface area contributed by atoms with Crippen LogP contribution in [0.2, 0.25) is 0 Å². The molecule has 1 heterocycles. The molecule has 2 rings (SSSR count). The Morgan fingerprint density at radius 1 is 1.36 bits per heavy atom. The SMILES string of the molecule is CC[C@@H](C(=O)Nc1ccccc1)N(C)CCc1scnc1C. The monoisotopic (exact) mass is 317 g/mol. The van der Waals surface area contributed by atoms with Crippen LogP contribution in [0.1, 0.15) is 23.9 Å². The fourth-order valence-electron chi connectivity index (χ4n) is 2.44. The fourth-order valence-corrected chi connectivity index (χ4v) is 3.21. The minimum absolute atomic E-state index is 0.0530. The molecule has 2 aromatic rings. The summed E-state index contributed by atoms with van der Waals surface area (Å²) in [5.41, 5.74) is 3.82. The minimum atomic E-state index is -0.117. The largest absolute Gasteiger partial charge is 0.325 e. The number of hydrogen-bond donors (Lipinski definition) is 1. The molecule has 0 spiro atoms. The van der Waals surface area contributed by atoms with E-state index in [1.807, 2.05) is 56.7 Å². The second-order valence-corrected chi connectivity index (χ2v) is 6.31. The van der Waals surface area contributed by atoms with Crippen molar-refractivity contribution in [2.75, 3.05) is 18.9 Å². The van der Waals surface area contributed by atoms with E-state index in [0.717, 1.165) is 30.8 Å². The first-order chi connectivity index (χ1) is 10.6. The lowest BCUT2D eigenvalue weighted by Crippen LogP contribution is -2.42. The Bertz CT molecular complexity index is 597. The van der Waals surface area contributed by atoms with E-state index in [1.54, 1.807) is 11.3 Å². The van der Waals surface area contributed by atoms with Crippen molar-refractivity contribution in [1.29, 1.82) is 0 Å². The van der Waals surface area contributed by atoms with Gasteiger partial charge >= 0.3 is 0 Å². The number of benzene rings is 1. The highest BCUT2D eigenvalue weighted by Gasteiger charge is 2.21. The molecular weight excluding hydrogens is 294 g/mol. The van der Waals surface area contributed by atoms with Crippen LogP contribution >= 0.6 is 11.3 Å². The van der Waals surface area contributed by atoms with E-state index < -0.39 is 0 Å². The summed E-state index contributed by atoms with van der Waals surface area (Å²) in [5.74, 6) is 0.0530. The molecule has 4 nitrogen and oxygen atoms in total. The Labute approximate surface area is 136 Å². The topological polar surface area (TPSA) is 45.2 Å². The van der Waals surface area contributed by atoms with Crippen molar-refractivity contribution < 1.29 is 4.79 Å². The summed E-state index contributed by atoms with van der Waals surface area (Å²) in [5, 5.41) is 2.99. The molecule has 1 N–H and O–H groups in total. The molecule has 118 valence electrons. The van der Waals surface area contributed by atoms with Gasteiger partial charge in [0.2, 0.25) is 5.91 Å². The summed E-state index contributed by atoms with van der Waals surface area (Å²) < 4.78 is 0. The lowest BCUT2D eigenvalue weighted by molar-refractivity contribution is -0.120. The molecule has 1 aromatic carbocycles. The first-order valence-corrected chi connectivity index (χ1v) is 8.45. The van der Waals surface area contributed by atoms with E-state index in [0.29, 0.717) is 0 Å². The second-order valence-electron chi connectivity index (χ2n) is 5.37. The number of carbonyl (C=O) groups excluding carboxylic acids is 1. The number of thiazole rings is 1. The van der Waals surface area contributed by atoms with Gasteiger partial charge in [-0.25, -0.2) is 4.98 Å². The van der Waals surface area contributed by atoms with Gasteiger partial charge in [0.05, 0.1) is 17.2 Å². The van der Waals surface area contributed by atoms with Gasteiger partial charge in [0.25, 0.3) is 0 Å². The quantitative estimate of drug-likeness (QED) is 0.852. The molecule has 0 unspecified atom stereocenters. The predicted molar refractivity (Wildman–Crippen MR) is 92.3 cm³/mol. The number of anilines is 1. The predicted octanol–water partition coefficient (Wildman–Crippen LogP) is 3.34. The summed E-state index contributed by atoms with van der Waals surface area (Å²) in [6.45, 7) is 4.93. The van der Waals surface area contributed by atoms with Gasteiger partial charge in [-0.3, -0.25) is 9.69 Å². The standard InChI is InChI=1S/C17H23N3OS/c1-4-15(17(21)19-14-8-6-5-7-9-14)20(3)11-10-16-13(2)18-12-22-16/h5-9,12,15H,4,10-11H2,1-3H3,(H,19,21)/t15-/m0/s1. The summed E-state index contributed by atoms with van der Waals surface area (Å²) >= 11 is 1.68. The molecule has 1 atom stereocenters. The van der Waals surface area contributed by atoms with Gasteiger partial charge in [0, 0.05) is 17.1 Å². The van der Waals surface area contributed by atoms with Gasteiger partial charge in [-0.05, 0) is 38.9 Å². The maximum Gasteiger partial charge on any atom is 0.241 e. The Morgan fingerprint density at radius 3 is 2.68 bits per heavy atom. The highest BCUT2D eigenvalue weighted by molar-refractivity contribution is 7.09. The number of aryl methyl sites for hydroxylation is 1. The van der Waals surface area contributed by atoms with Crippen LogP contribution in [0, 0.1) is 6.92 Å². The van der Waals surface area contributed by atoms with Gasteiger partial charge in [-0.2, -0.15) is 0 Å². The average molecular weight is 317 g/mol. The number of nitrogens with one attached hydrogen (secondary N) is 1. The number of likely N-dealkylation sites (N-methyl/N-ethyl adjacent to an activating group) is 1. The third-order valence-electron chi connectivity index (χ3n) is 3.80. The fraction of sp³-hybridized carbons (Fsp3) is 0.412. The van der Waals surface area contributed by atoms with Gasteiger partial charge in [-0.15, -0.1) is 11.3 Å². The highest BCUT2D eigenvalue weighted by Crippen LogP contribution is 2.15. The van der Waals surface area contributed by atoms with Crippen molar-refractivity contribution in [3.05, 3.63) is 46.4 Å². The third kappa shape index (κ3) is 4.39. The van der Waals surface area contributed by atoms with E-state index in [2.05, 4.69) is 15.2 Å². The lowest BCUT2D eigenvalue weighted by atomic mass is 10.1. The summed E-state index contributed by atoms with van der Waals surface area (Å²) in [6, 6.07) is 9.49. The molecule has 0 fully saturated rings. The van der Waals surface area contributed by atoms with Crippen molar-refractivity contribution >= 4 is 22.9 Å².